The minimum atomic E-state index is -3.35. The van der Waals surface area contributed by atoms with Gasteiger partial charge in [0.1, 0.15) is 5.82 Å². The van der Waals surface area contributed by atoms with Crippen LogP contribution in [0.5, 0.6) is 0 Å². The predicted molar refractivity (Wildman–Crippen MR) is 130 cm³/mol. The number of benzene rings is 2. The third kappa shape index (κ3) is 6.27. The van der Waals surface area contributed by atoms with E-state index in [0.29, 0.717) is 40.7 Å². The highest BCUT2D eigenvalue weighted by Gasteiger charge is 2.22. The van der Waals surface area contributed by atoms with Crippen molar-refractivity contribution in [3.8, 4) is 0 Å². The smallest absolute Gasteiger partial charge is 0.260 e. The van der Waals surface area contributed by atoms with Crippen molar-refractivity contribution in [1.82, 2.24) is 9.88 Å². The van der Waals surface area contributed by atoms with Crippen LogP contribution in [0.15, 0.2) is 47.4 Å². The second-order valence-electron chi connectivity index (χ2n) is 7.67. The fourth-order valence-corrected chi connectivity index (χ4v) is 5.21. The van der Waals surface area contributed by atoms with Crippen molar-refractivity contribution in [3.63, 3.8) is 0 Å². The molecule has 2 heterocycles. The lowest BCUT2D eigenvalue weighted by Crippen LogP contribution is -2.39. The summed E-state index contributed by atoms with van der Waals surface area (Å²) in [5.74, 6) is -0.624. The standard InChI is InChI=1S/C22H24FN3O4S2.ClH/c1-32(28,29)18-6-3-16(4-7-18)21(27)26(10-2-9-25-11-13-30-14-12-25)22-24-19-8-5-17(23)15-20(19)31-22;/h3-8,15H,2,9-14H2,1H3;1H. The summed E-state index contributed by atoms with van der Waals surface area (Å²) >= 11 is 1.26. The molecule has 33 heavy (non-hydrogen) atoms. The third-order valence-corrected chi connectivity index (χ3v) is 7.47. The molecule has 0 saturated carbocycles. The molecule has 1 aliphatic heterocycles. The quantitative estimate of drug-likeness (QED) is 0.480. The fourth-order valence-electron chi connectivity index (χ4n) is 3.56. The van der Waals surface area contributed by atoms with E-state index in [2.05, 4.69) is 9.88 Å². The Morgan fingerprint density at radius 3 is 2.55 bits per heavy atom. The first-order valence-electron chi connectivity index (χ1n) is 10.3. The van der Waals surface area contributed by atoms with E-state index >= 15 is 0 Å². The van der Waals surface area contributed by atoms with Crippen molar-refractivity contribution in [3.05, 3.63) is 53.8 Å². The van der Waals surface area contributed by atoms with Gasteiger partial charge >= 0.3 is 0 Å². The number of carbonyl (C=O) groups is 1. The molecule has 0 radical (unpaired) electrons. The number of fused-ring (bicyclic) bond motifs is 1. The van der Waals surface area contributed by atoms with Gasteiger partial charge in [0, 0.05) is 38.0 Å². The number of amides is 1. The molecule has 1 aliphatic rings. The number of hydrogen-bond donors (Lipinski definition) is 0. The fraction of sp³-hybridized carbons (Fsp3) is 0.364. The summed E-state index contributed by atoms with van der Waals surface area (Å²) in [7, 11) is -3.35. The van der Waals surface area contributed by atoms with Gasteiger partial charge in [-0.15, -0.1) is 12.4 Å². The Balaban J connectivity index is 0.00000306. The van der Waals surface area contributed by atoms with Crippen molar-refractivity contribution in [1.29, 1.82) is 0 Å². The number of anilines is 1. The highest BCUT2D eigenvalue weighted by atomic mass is 35.5. The van der Waals surface area contributed by atoms with Gasteiger partial charge in [-0.25, -0.2) is 17.8 Å². The van der Waals surface area contributed by atoms with Crippen LogP contribution in [0, 0.1) is 5.82 Å². The maximum absolute atomic E-state index is 13.6. The Morgan fingerprint density at radius 1 is 1.18 bits per heavy atom. The van der Waals surface area contributed by atoms with E-state index < -0.39 is 9.84 Å². The summed E-state index contributed by atoms with van der Waals surface area (Å²) in [5, 5.41) is 0.491. The van der Waals surface area contributed by atoms with E-state index in [0.717, 1.165) is 32.3 Å². The molecule has 7 nitrogen and oxygen atoms in total. The molecule has 1 saturated heterocycles. The number of nitrogens with zero attached hydrogens (tertiary/aromatic N) is 3. The van der Waals surface area contributed by atoms with E-state index in [4.69, 9.17) is 4.74 Å². The maximum atomic E-state index is 13.6. The number of rotatable bonds is 7. The molecule has 0 unspecified atom stereocenters. The third-order valence-electron chi connectivity index (χ3n) is 5.30. The zero-order valence-corrected chi connectivity index (χ0v) is 20.5. The molecule has 0 bridgehead atoms. The Labute approximate surface area is 202 Å². The molecular formula is C22H25ClFN3O4S2. The van der Waals surface area contributed by atoms with Gasteiger partial charge in [-0.05, 0) is 48.9 Å². The summed E-state index contributed by atoms with van der Waals surface area (Å²) < 4.78 is 43.2. The number of hydrogen-bond acceptors (Lipinski definition) is 7. The topological polar surface area (TPSA) is 79.8 Å². The Hall–Kier alpha value is -2.11. The van der Waals surface area contributed by atoms with Gasteiger partial charge in [-0.2, -0.15) is 0 Å². The molecule has 0 atom stereocenters. The highest BCUT2D eigenvalue weighted by molar-refractivity contribution is 7.90. The van der Waals surface area contributed by atoms with Crippen molar-refractivity contribution in [2.24, 2.45) is 0 Å². The van der Waals surface area contributed by atoms with Crippen LogP contribution in [0.1, 0.15) is 16.8 Å². The molecular weight excluding hydrogens is 489 g/mol. The summed E-state index contributed by atoms with van der Waals surface area (Å²) in [5.41, 5.74) is 0.999. The van der Waals surface area contributed by atoms with E-state index in [-0.39, 0.29) is 29.0 Å². The van der Waals surface area contributed by atoms with Gasteiger partial charge in [0.05, 0.1) is 28.3 Å². The van der Waals surface area contributed by atoms with Gasteiger partial charge < -0.3 is 4.74 Å². The minimum Gasteiger partial charge on any atom is -0.379 e. The number of sulfone groups is 1. The first kappa shape index (κ1) is 25.5. The number of ether oxygens (including phenoxy) is 1. The molecule has 3 aromatic rings. The van der Waals surface area contributed by atoms with Gasteiger partial charge in [0.2, 0.25) is 0 Å². The first-order valence-corrected chi connectivity index (χ1v) is 13.0. The van der Waals surface area contributed by atoms with Gasteiger partial charge in [0.25, 0.3) is 5.91 Å². The number of halogens is 2. The Morgan fingerprint density at radius 2 is 1.88 bits per heavy atom. The minimum absolute atomic E-state index is 0. The average molecular weight is 514 g/mol. The van der Waals surface area contributed by atoms with Gasteiger partial charge in [-0.1, -0.05) is 11.3 Å². The van der Waals surface area contributed by atoms with Crippen molar-refractivity contribution in [2.75, 3.05) is 50.5 Å². The molecule has 0 spiro atoms. The Bertz CT molecular complexity index is 1210. The van der Waals surface area contributed by atoms with Crippen LogP contribution in [0.25, 0.3) is 10.2 Å². The van der Waals surface area contributed by atoms with E-state index in [1.165, 1.54) is 47.7 Å². The SMILES string of the molecule is CS(=O)(=O)c1ccc(C(=O)N(CCCN2CCOCC2)c2nc3ccc(F)cc3s2)cc1.Cl. The molecule has 4 rings (SSSR count). The zero-order valence-electron chi connectivity index (χ0n) is 18.1. The summed E-state index contributed by atoms with van der Waals surface area (Å²) in [4.78, 5) is 22.0. The Kier molecular flexibility index (Phi) is 8.41. The average Bonchev–Trinajstić information content (AvgIpc) is 3.19. The van der Waals surface area contributed by atoms with E-state index in [9.17, 15) is 17.6 Å². The number of carbonyl (C=O) groups excluding carboxylic acids is 1. The van der Waals surface area contributed by atoms with Gasteiger partial charge in [-0.3, -0.25) is 14.6 Å². The molecule has 178 valence electrons. The van der Waals surface area contributed by atoms with Crippen LogP contribution in [-0.4, -0.2) is 69.9 Å². The molecule has 11 heteroatoms. The second-order valence-corrected chi connectivity index (χ2v) is 10.7. The van der Waals surface area contributed by atoms with Gasteiger partial charge in [0.15, 0.2) is 15.0 Å². The lowest BCUT2D eigenvalue weighted by Gasteiger charge is -2.27. The van der Waals surface area contributed by atoms with E-state index in [1.807, 2.05) is 0 Å². The summed E-state index contributed by atoms with van der Waals surface area (Å²) in [6.45, 7) is 4.39. The van der Waals surface area contributed by atoms with Crippen LogP contribution < -0.4 is 4.90 Å². The summed E-state index contributed by atoms with van der Waals surface area (Å²) in [6.07, 6.45) is 1.86. The molecule has 1 fully saturated rings. The predicted octanol–water partition coefficient (Wildman–Crippen LogP) is 3.63. The van der Waals surface area contributed by atoms with Crippen molar-refractivity contribution in [2.45, 2.75) is 11.3 Å². The lowest BCUT2D eigenvalue weighted by molar-refractivity contribution is 0.0376. The normalized spacial score (nSPS) is 14.7. The van der Waals surface area contributed by atoms with Crippen LogP contribution >= 0.6 is 23.7 Å². The molecule has 1 aromatic heterocycles. The largest absolute Gasteiger partial charge is 0.379 e. The van der Waals surface area contributed by atoms with Crippen molar-refractivity contribution >= 4 is 54.8 Å². The van der Waals surface area contributed by atoms with Crippen molar-refractivity contribution < 1.29 is 22.3 Å². The van der Waals surface area contributed by atoms with Crippen LogP contribution in [0.4, 0.5) is 9.52 Å². The molecule has 0 N–H and O–H groups in total. The number of aromatic nitrogens is 1. The second kappa shape index (κ2) is 10.9. The first-order chi connectivity index (χ1) is 15.3. The van der Waals surface area contributed by atoms with Crippen LogP contribution in [0.3, 0.4) is 0 Å². The van der Waals surface area contributed by atoms with E-state index in [1.54, 1.807) is 11.0 Å². The summed E-state index contributed by atoms with van der Waals surface area (Å²) in [6, 6.07) is 10.3. The molecule has 1 amide bonds. The van der Waals surface area contributed by atoms with Crippen LogP contribution in [0.2, 0.25) is 0 Å². The maximum Gasteiger partial charge on any atom is 0.260 e. The lowest BCUT2D eigenvalue weighted by atomic mass is 10.2. The number of thiazole rings is 1. The van der Waals surface area contributed by atoms with Crippen LogP contribution in [-0.2, 0) is 14.6 Å². The monoisotopic (exact) mass is 513 g/mol. The zero-order chi connectivity index (χ0) is 22.7. The number of morpholine rings is 1. The highest BCUT2D eigenvalue weighted by Crippen LogP contribution is 2.30. The molecule has 2 aromatic carbocycles. The molecule has 0 aliphatic carbocycles.